The molecule has 2 aliphatic rings. The third-order valence-corrected chi connectivity index (χ3v) is 3.90. The summed E-state index contributed by atoms with van der Waals surface area (Å²) >= 11 is 0. The van der Waals surface area contributed by atoms with Crippen LogP contribution in [0.15, 0.2) is 0 Å². The van der Waals surface area contributed by atoms with Crippen LogP contribution in [0, 0.1) is 17.8 Å². The van der Waals surface area contributed by atoms with Gasteiger partial charge in [0.25, 0.3) is 0 Å². The van der Waals surface area contributed by atoms with Gasteiger partial charge in [-0.05, 0) is 25.2 Å². The van der Waals surface area contributed by atoms with Crippen molar-refractivity contribution in [1.29, 1.82) is 0 Å². The van der Waals surface area contributed by atoms with E-state index in [0.29, 0.717) is 18.1 Å². The number of carbonyl (C=O) groups excluding carboxylic acids is 2. The van der Waals surface area contributed by atoms with Gasteiger partial charge in [0.2, 0.25) is 0 Å². The molecular weight excluding hydrogens is 192 g/mol. The first-order valence-electron chi connectivity index (χ1n) is 5.83. The minimum absolute atomic E-state index is 0.0504. The second kappa shape index (κ2) is 4.33. The number of fused-ring (bicyclic) bond motifs is 1. The number of esters is 1. The molecule has 3 nitrogen and oxygen atoms in total. The van der Waals surface area contributed by atoms with Gasteiger partial charge in [-0.15, -0.1) is 0 Å². The van der Waals surface area contributed by atoms with E-state index >= 15 is 0 Å². The molecule has 3 atom stereocenters. The fourth-order valence-corrected chi connectivity index (χ4v) is 3.12. The van der Waals surface area contributed by atoms with Crippen LogP contribution < -0.4 is 0 Å². The summed E-state index contributed by atoms with van der Waals surface area (Å²) in [6.07, 6.45) is 5.85. The van der Waals surface area contributed by atoms with Gasteiger partial charge in [0.15, 0.2) is 0 Å². The quantitative estimate of drug-likeness (QED) is 0.654. The Morgan fingerprint density at radius 2 is 2.13 bits per heavy atom. The zero-order chi connectivity index (χ0) is 10.8. The molecule has 0 amide bonds. The number of ether oxygens (including phenoxy) is 1. The highest BCUT2D eigenvalue weighted by Crippen LogP contribution is 2.43. The van der Waals surface area contributed by atoms with Crippen LogP contribution in [0.3, 0.4) is 0 Å². The summed E-state index contributed by atoms with van der Waals surface area (Å²) in [6.45, 7) is 0. The molecule has 2 saturated carbocycles. The van der Waals surface area contributed by atoms with E-state index in [0.717, 1.165) is 12.8 Å². The Bertz CT molecular complexity index is 272. The predicted molar refractivity (Wildman–Crippen MR) is 55.2 cm³/mol. The molecule has 0 radical (unpaired) electrons. The third-order valence-electron chi connectivity index (χ3n) is 3.90. The lowest BCUT2D eigenvalue weighted by molar-refractivity contribution is -0.143. The zero-order valence-corrected chi connectivity index (χ0v) is 9.20. The topological polar surface area (TPSA) is 43.4 Å². The largest absolute Gasteiger partial charge is 0.469 e. The molecule has 0 aromatic carbocycles. The summed E-state index contributed by atoms with van der Waals surface area (Å²) < 4.78 is 4.62. The number of methoxy groups -OCH3 is 1. The fraction of sp³-hybridized carbons (Fsp3) is 0.833. The van der Waals surface area contributed by atoms with E-state index in [1.807, 2.05) is 0 Å². The highest BCUT2D eigenvalue weighted by molar-refractivity contribution is 5.89. The van der Waals surface area contributed by atoms with Crippen LogP contribution in [0.5, 0.6) is 0 Å². The van der Waals surface area contributed by atoms with Crippen molar-refractivity contribution in [2.75, 3.05) is 7.11 Å². The monoisotopic (exact) mass is 210 g/mol. The van der Waals surface area contributed by atoms with Gasteiger partial charge in [-0.1, -0.05) is 12.8 Å². The molecular formula is C12H18O3. The van der Waals surface area contributed by atoms with E-state index < -0.39 is 0 Å². The van der Waals surface area contributed by atoms with Crippen molar-refractivity contribution in [2.24, 2.45) is 17.8 Å². The lowest BCUT2D eigenvalue weighted by Gasteiger charge is -2.22. The van der Waals surface area contributed by atoms with Gasteiger partial charge in [0.1, 0.15) is 5.78 Å². The molecule has 2 aliphatic carbocycles. The molecule has 3 heteroatoms. The van der Waals surface area contributed by atoms with Gasteiger partial charge in [-0.2, -0.15) is 0 Å². The average Bonchev–Trinajstić information content (AvgIpc) is 2.57. The van der Waals surface area contributed by atoms with Crippen molar-refractivity contribution in [2.45, 2.75) is 38.5 Å². The second-order valence-electron chi connectivity index (χ2n) is 4.77. The summed E-state index contributed by atoms with van der Waals surface area (Å²) in [5.74, 6) is 0.844. The van der Waals surface area contributed by atoms with Crippen molar-refractivity contribution in [1.82, 2.24) is 0 Å². The van der Waals surface area contributed by atoms with E-state index in [2.05, 4.69) is 4.74 Å². The maximum absolute atomic E-state index is 12.0. The Morgan fingerprint density at radius 1 is 1.40 bits per heavy atom. The fourth-order valence-electron chi connectivity index (χ4n) is 3.12. The molecule has 0 aliphatic heterocycles. The lowest BCUT2D eigenvalue weighted by atomic mass is 9.81. The van der Waals surface area contributed by atoms with Crippen LogP contribution in [0.4, 0.5) is 0 Å². The molecule has 0 saturated heterocycles. The Kier molecular flexibility index (Phi) is 3.08. The van der Waals surface area contributed by atoms with Gasteiger partial charge in [-0.25, -0.2) is 0 Å². The van der Waals surface area contributed by atoms with Gasteiger partial charge < -0.3 is 4.74 Å². The van der Waals surface area contributed by atoms with Crippen LogP contribution in [0.25, 0.3) is 0 Å². The van der Waals surface area contributed by atoms with Crippen LogP contribution >= 0.6 is 0 Å². The highest BCUT2D eigenvalue weighted by Gasteiger charge is 2.43. The van der Waals surface area contributed by atoms with Gasteiger partial charge in [0.05, 0.1) is 13.5 Å². The smallest absolute Gasteiger partial charge is 0.306 e. The van der Waals surface area contributed by atoms with E-state index in [4.69, 9.17) is 0 Å². The first kappa shape index (κ1) is 10.7. The number of carbonyl (C=O) groups is 2. The van der Waals surface area contributed by atoms with Crippen molar-refractivity contribution in [3.8, 4) is 0 Å². The number of Topliss-reactive ketones (excluding diaryl/α,β-unsaturated/α-hetero) is 1. The minimum atomic E-state index is -0.244. The molecule has 0 bridgehead atoms. The maximum atomic E-state index is 12.0. The number of hydrogen-bond acceptors (Lipinski definition) is 3. The summed E-state index contributed by atoms with van der Waals surface area (Å²) in [6, 6.07) is 0. The Labute approximate surface area is 90.2 Å². The second-order valence-corrected chi connectivity index (χ2v) is 4.77. The molecule has 15 heavy (non-hydrogen) atoms. The molecule has 0 heterocycles. The number of ketones is 1. The predicted octanol–water partition coefficient (Wildman–Crippen LogP) is 1.94. The first-order valence-corrected chi connectivity index (χ1v) is 5.83. The SMILES string of the molecule is COC(=O)C[C@H]1CC2CCCC[C@H]2C1=O. The van der Waals surface area contributed by atoms with E-state index in [-0.39, 0.29) is 17.8 Å². The number of hydrogen-bond donors (Lipinski definition) is 0. The number of rotatable bonds is 2. The van der Waals surface area contributed by atoms with E-state index in [1.54, 1.807) is 0 Å². The summed E-state index contributed by atoms with van der Waals surface area (Å²) in [4.78, 5) is 23.1. The summed E-state index contributed by atoms with van der Waals surface area (Å²) in [5.41, 5.74) is 0. The van der Waals surface area contributed by atoms with Crippen molar-refractivity contribution in [3.63, 3.8) is 0 Å². The zero-order valence-electron chi connectivity index (χ0n) is 9.20. The van der Waals surface area contributed by atoms with Crippen molar-refractivity contribution >= 4 is 11.8 Å². The third kappa shape index (κ3) is 2.06. The van der Waals surface area contributed by atoms with E-state index in [1.165, 1.54) is 26.4 Å². The Hall–Kier alpha value is -0.860. The average molecular weight is 210 g/mol. The van der Waals surface area contributed by atoms with Gasteiger partial charge in [-0.3, -0.25) is 9.59 Å². The Morgan fingerprint density at radius 3 is 2.80 bits per heavy atom. The molecule has 0 aromatic heterocycles. The summed E-state index contributed by atoms with van der Waals surface area (Å²) in [5, 5.41) is 0. The van der Waals surface area contributed by atoms with Crippen LogP contribution in [-0.2, 0) is 14.3 Å². The van der Waals surface area contributed by atoms with Crippen LogP contribution in [0.2, 0.25) is 0 Å². The summed E-state index contributed by atoms with van der Waals surface area (Å²) in [7, 11) is 1.38. The van der Waals surface area contributed by atoms with Crippen molar-refractivity contribution in [3.05, 3.63) is 0 Å². The molecule has 84 valence electrons. The standard InChI is InChI=1S/C12H18O3/c1-15-11(13)7-9-6-8-4-2-3-5-10(8)12(9)14/h8-10H,2-7H2,1H3/t8?,9-,10-/m1/s1. The highest BCUT2D eigenvalue weighted by atomic mass is 16.5. The van der Waals surface area contributed by atoms with Gasteiger partial charge >= 0.3 is 5.97 Å². The normalized spacial score (nSPS) is 35.0. The molecule has 0 spiro atoms. The molecule has 2 fully saturated rings. The first-order chi connectivity index (χ1) is 7.22. The van der Waals surface area contributed by atoms with E-state index in [9.17, 15) is 9.59 Å². The molecule has 0 aromatic rings. The molecule has 0 N–H and O–H groups in total. The maximum Gasteiger partial charge on any atom is 0.306 e. The van der Waals surface area contributed by atoms with Crippen LogP contribution in [0.1, 0.15) is 38.5 Å². The lowest BCUT2D eigenvalue weighted by Crippen LogP contribution is -2.21. The Balaban J connectivity index is 1.98. The molecule has 2 rings (SSSR count). The molecule has 1 unspecified atom stereocenters. The van der Waals surface area contributed by atoms with Crippen molar-refractivity contribution < 1.29 is 14.3 Å². The van der Waals surface area contributed by atoms with Gasteiger partial charge in [0, 0.05) is 11.8 Å². The minimum Gasteiger partial charge on any atom is -0.469 e. The van der Waals surface area contributed by atoms with Crippen LogP contribution in [-0.4, -0.2) is 18.9 Å².